The van der Waals surface area contributed by atoms with E-state index in [4.69, 9.17) is 14.2 Å². The second-order valence-electron chi connectivity index (χ2n) is 5.65. The molecule has 138 valence electrons. The van der Waals surface area contributed by atoms with Gasteiger partial charge in [-0.1, -0.05) is 6.92 Å². The Bertz CT molecular complexity index is 670. The molecule has 25 heavy (non-hydrogen) atoms. The minimum atomic E-state index is -1.12. The third-order valence-corrected chi connectivity index (χ3v) is 4.08. The second kappa shape index (κ2) is 8.11. The highest BCUT2D eigenvalue weighted by molar-refractivity contribution is 5.85. The summed E-state index contributed by atoms with van der Waals surface area (Å²) in [4.78, 5) is 13.6. The van der Waals surface area contributed by atoms with Crippen LogP contribution in [-0.4, -0.2) is 49.8 Å². The van der Waals surface area contributed by atoms with Gasteiger partial charge in [-0.15, -0.1) is 0 Å². The molecule has 0 saturated carbocycles. The van der Waals surface area contributed by atoms with E-state index in [0.29, 0.717) is 29.3 Å². The SMILES string of the molecule is CCCN1c2cc(OC)c(OC)cc2C(O)=C(CC(=O)OCC)C1O. The van der Waals surface area contributed by atoms with Gasteiger partial charge in [-0.25, -0.2) is 0 Å². The zero-order chi connectivity index (χ0) is 18.6. The van der Waals surface area contributed by atoms with Crippen LogP contribution in [0.15, 0.2) is 17.7 Å². The summed E-state index contributed by atoms with van der Waals surface area (Å²) in [5.74, 6) is 0.319. The Labute approximate surface area is 147 Å². The molecule has 1 aliphatic rings. The Morgan fingerprint density at radius 1 is 1.20 bits per heavy atom. The van der Waals surface area contributed by atoms with Crippen LogP contribution in [0.4, 0.5) is 5.69 Å². The van der Waals surface area contributed by atoms with E-state index in [1.165, 1.54) is 14.2 Å². The molecule has 0 saturated heterocycles. The number of carbonyl (C=O) groups is 1. The van der Waals surface area contributed by atoms with E-state index >= 15 is 0 Å². The molecule has 0 aliphatic carbocycles. The van der Waals surface area contributed by atoms with E-state index in [0.717, 1.165) is 6.42 Å². The summed E-state index contributed by atoms with van der Waals surface area (Å²) in [6, 6.07) is 3.35. The molecule has 7 nitrogen and oxygen atoms in total. The number of ether oxygens (including phenoxy) is 3. The lowest BCUT2D eigenvalue weighted by atomic mass is 9.95. The van der Waals surface area contributed by atoms with Gasteiger partial charge in [0.2, 0.25) is 0 Å². The van der Waals surface area contributed by atoms with Gasteiger partial charge in [-0.3, -0.25) is 4.79 Å². The zero-order valence-corrected chi connectivity index (χ0v) is 15.0. The fourth-order valence-corrected chi connectivity index (χ4v) is 2.94. The highest BCUT2D eigenvalue weighted by Gasteiger charge is 2.34. The zero-order valence-electron chi connectivity index (χ0n) is 15.0. The van der Waals surface area contributed by atoms with Crippen LogP contribution < -0.4 is 14.4 Å². The number of benzene rings is 1. The summed E-state index contributed by atoms with van der Waals surface area (Å²) < 4.78 is 15.6. The second-order valence-corrected chi connectivity index (χ2v) is 5.65. The van der Waals surface area contributed by atoms with E-state index in [2.05, 4.69) is 0 Å². The standard InChI is InChI=1S/C18H25NO6/c1-5-7-19-13-10-15(24-4)14(23-3)8-11(13)17(21)12(18(19)22)9-16(20)25-6-2/h8,10,18,21-22H,5-7,9H2,1-4H3. The van der Waals surface area contributed by atoms with E-state index in [-0.39, 0.29) is 24.4 Å². The van der Waals surface area contributed by atoms with Crippen molar-refractivity contribution < 1.29 is 29.2 Å². The molecule has 1 atom stereocenters. The van der Waals surface area contributed by atoms with E-state index in [1.807, 2.05) is 6.92 Å². The first-order chi connectivity index (χ1) is 12.0. The van der Waals surface area contributed by atoms with Crippen molar-refractivity contribution in [3.05, 3.63) is 23.3 Å². The first-order valence-corrected chi connectivity index (χ1v) is 8.27. The maximum atomic E-state index is 11.9. The first-order valence-electron chi connectivity index (χ1n) is 8.27. The Hall–Kier alpha value is -2.41. The van der Waals surface area contributed by atoms with E-state index < -0.39 is 12.2 Å². The molecule has 1 unspecified atom stereocenters. The van der Waals surface area contributed by atoms with Gasteiger partial charge in [0.1, 0.15) is 5.76 Å². The highest BCUT2D eigenvalue weighted by atomic mass is 16.5. The average Bonchev–Trinajstić information content (AvgIpc) is 2.61. The number of nitrogens with zero attached hydrogens (tertiary/aromatic N) is 1. The van der Waals surface area contributed by atoms with Crippen LogP contribution in [0, 0.1) is 0 Å². The third-order valence-electron chi connectivity index (χ3n) is 4.08. The molecule has 1 heterocycles. The number of anilines is 1. The van der Waals surface area contributed by atoms with E-state index in [9.17, 15) is 15.0 Å². The highest BCUT2D eigenvalue weighted by Crippen LogP contribution is 2.43. The fraction of sp³-hybridized carbons (Fsp3) is 0.500. The average molecular weight is 351 g/mol. The molecular weight excluding hydrogens is 326 g/mol. The molecule has 0 bridgehead atoms. The molecule has 0 aromatic heterocycles. The predicted octanol–water partition coefficient (Wildman–Crippen LogP) is 2.47. The largest absolute Gasteiger partial charge is 0.507 e. The summed E-state index contributed by atoms with van der Waals surface area (Å²) in [5.41, 5.74) is 1.32. The van der Waals surface area contributed by atoms with E-state index in [1.54, 1.807) is 24.0 Å². The van der Waals surface area contributed by atoms with Crippen LogP contribution in [-0.2, 0) is 9.53 Å². The topological polar surface area (TPSA) is 88.5 Å². The number of hydrogen-bond acceptors (Lipinski definition) is 7. The molecule has 1 aromatic rings. The number of aliphatic hydroxyl groups excluding tert-OH is 2. The maximum Gasteiger partial charge on any atom is 0.310 e. The van der Waals surface area contributed by atoms with Gasteiger partial charge in [0, 0.05) is 23.7 Å². The molecular formula is C18H25NO6. The van der Waals surface area contributed by atoms with Gasteiger partial charge in [0.15, 0.2) is 17.7 Å². The molecule has 1 aromatic carbocycles. The summed E-state index contributed by atoms with van der Waals surface area (Å²) in [6.07, 6.45) is -0.525. The number of carbonyl (C=O) groups excluding carboxylic acids is 1. The first kappa shape index (κ1) is 18.9. The maximum absolute atomic E-state index is 11.9. The fourth-order valence-electron chi connectivity index (χ4n) is 2.94. The lowest BCUT2D eigenvalue weighted by Crippen LogP contribution is -2.41. The number of methoxy groups -OCH3 is 2. The van der Waals surface area contributed by atoms with Crippen molar-refractivity contribution in [2.45, 2.75) is 32.9 Å². The van der Waals surface area contributed by atoms with Crippen molar-refractivity contribution in [3.63, 3.8) is 0 Å². The van der Waals surface area contributed by atoms with Crippen LogP contribution in [0.1, 0.15) is 32.3 Å². The summed E-state index contributed by atoms with van der Waals surface area (Å²) in [7, 11) is 3.03. The lowest BCUT2D eigenvalue weighted by molar-refractivity contribution is -0.142. The van der Waals surface area contributed by atoms with Crippen LogP contribution in [0.5, 0.6) is 11.5 Å². The quantitative estimate of drug-likeness (QED) is 0.730. The summed E-state index contributed by atoms with van der Waals surface area (Å²) >= 11 is 0. The number of esters is 1. The minimum absolute atomic E-state index is 0.135. The molecule has 0 radical (unpaired) electrons. The molecule has 2 N–H and O–H groups in total. The number of aliphatic hydroxyl groups is 2. The van der Waals surface area contributed by atoms with Gasteiger partial charge in [-0.2, -0.15) is 0 Å². The van der Waals surface area contributed by atoms with Crippen molar-refractivity contribution in [3.8, 4) is 11.5 Å². The third kappa shape index (κ3) is 3.66. The van der Waals surface area contributed by atoms with Crippen LogP contribution in [0.3, 0.4) is 0 Å². The smallest absolute Gasteiger partial charge is 0.310 e. The van der Waals surface area contributed by atoms with Crippen LogP contribution in [0.2, 0.25) is 0 Å². The van der Waals surface area contributed by atoms with Crippen molar-refractivity contribution in [1.82, 2.24) is 0 Å². The summed E-state index contributed by atoms with van der Waals surface area (Å²) in [6.45, 7) is 4.47. The molecule has 7 heteroatoms. The monoisotopic (exact) mass is 351 g/mol. The van der Waals surface area contributed by atoms with Gasteiger partial charge in [0.05, 0.1) is 32.9 Å². The molecule has 0 fully saturated rings. The van der Waals surface area contributed by atoms with Gasteiger partial charge in [-0.05, 0) is 19.4 Å². The molecule has 0 amide bonds. The number of hydrogen-bond donors (Lipinski definition) is 2. The van der Waals surface area contributed by atoms with Crippen LogP contribution in [0.25, 0.3) is 5.76 Å². The lowest BCUT2D eigenvalue weighted by Gasteiger charge is -2.37. The van der Waals surface area contributed by atoms with Crippen molar-refractivity contribution >= 4 is 17.4 Å². The Morgan fingerprint density at radius 3 is 2.40 bits per heavy atom. The number of rotatable bonds is 7. The summed E-state index contributed by atoms with van der Waals surface area (Å²) in [5, 5.41) is 21.4. The van der Waals surface area contributed by atoms with Crippen LogP contribution >= 0.6 is 0 Å². The van der Waals surface area contributed by atoms with Gasteiger partial charge >= 0.3 is 5.97 Å². The van der Waals surface area contributed by atoms with Gasteiger partial charge < -0.3 is 29.3 Å². The number of fused-ring (bicyclic) bond motifs is 1. The predicted molar refractivity (Wildman–Crippen MR) is 94.0 cm³/mol. The molecule has 1 aliphatic heterocycles. The minimum Gasteiger partial charge on any atom is -0.507 e. The van der Waals surface area contributed by atoms with Crippen molar-refractivity contribution in [2.24, 2.45) is 0 Å². The molecule has 2 rings (SSSR count). The molecule has 0 spiro atoms. The van der Waals surface area contributed by atoms with Gasteiger partial charge in [0.25, 0.3) is 0 Å². The Kier molecular flexibility index (Phi) is 6.14. The Morgan fingerprint density at radius 2 is 1.84 bits per heavy atom. The Balaban J connectivity index is 2.57. The van der Waals surface area contributed by atoms with Crippen molar-refractivity contribution in [1.29, 1.82) is 0 Å². The van der Waals surface area contributed by atoms with Crippen molar-refractivity contribution in [2.75, 3.05) is 32.3 Å². The normalized spacial score (nSPS) is 16.5.